The van der Waals surface area contributed by atoms with Gasteiger partial charge in [0.05, 0.1) is 18.0 Å². The van der Waals surface area contributed by atoms with Crippen molar-refractivity contribution in [2.75, 3.05) is 24.2 Å². The van der Waals surface area contributed by atoms with E-state index in [2.05, 4.69) is 12.2 Å². The van der Waals surface area contributed by atoms with Crippen LogP contribution in [0.5, 0.6) is 5.75 Å². The van der Waals surface area contributed by atoms with Crippen LogP contribution in [-0.4, -0.2) is 13.2 Å². The topological polar surface area (TPSA) is 47.3 Å². The van der Waals surface area contributed by atoms with Gasteiger partial charge >= 0.3 is 0 Å². The third-order valence-corrected chi connectivity index (χ3v) is 3.41. The molecule has 1 saturated carbocycles. The van der Waals surface area contributed by atoms with Crippen molar-refractivity contribution in [3.05, 3.63) is 18.2 Å². The average molecular weight is 234 g/mol. The van der Waals surface area contributed by atoms with Crippen LogP contribution in [-0.2, 0) is 0 Å². The Morgan fingerprint density at radius 2 is 2.24 bits per heavy atom. The van der Waals surface area contributed by atoms with E-state index in [4.69, 9.17) is 10.5 Å². The number of hydrogen-bond acceptors (Lipinski definition) is 3. The second-order valence-electron chi connectivity index (χ2n) is 4.85. The Morgan fingerprint density at radius 3 is 2.88 bits per heavy atom. The lowest BCUT2D eigenvalue weighted by atomic mass is 10.1. The number of benzene rings is 1. The maximum Gasteiger partial charge on any atom is 0.144 e. The first-order chi connectivity index (χ1) is 8.22. The Hall–Kier alpha value is -1.38. The molecule has 1 fully saturated rings. The number of nitrogens with two attached hydrogens (primary N) is 1. The quantitative estimate of drug-likeness (QED) is 0.743. The van der Waals surface area contributed by atoms with Gasteiger partial charge in [0.2, 0.25) is 0 Å². The molecule has 17 heavy (non-hydrogen) atoms. The first kappa shape index (κ1) is 12.1. The smallest absolute Gasteiger partial charge is 0.144 e. The van der Waals surface area contributed by atoms with Crippen LogP contribution in [0.4, 0.5) is 11.4 Å². The molecule has 1 aromatic carbocycles. The van der Waals surface area contributed by atoms with Crippen LogP contribution in [0.2, 0.25) is 0 Å². The Balaban J connectivity index is 1.96. The summed E-state index contributed by atoms with van der Waals surface area (Å²) in [4.78, 5) is 0. The maximum atomic E-state index is 6.06. The minimum Gasteiger partial charge on any atom is -0.492 e. The SMILES string of the molecule is CCOc1cccc(NCC(C)C2CC2)c1N. The fraction of sp³-hybridized carbons (Fsp3) is 0.571. The zero-order chi connectivity index (χ0) is 12.3. The summed E-state index contributed by atoms with van der Waals surface area (Å²) in [5.41, 5.74) is 7.77. The van der Waals surface area contributed by atoms with Crippen LogP contribution in [0, 0.1) is 11.8 Å². The highest BCUT2D eigenvalue weighted by Crippen LogP contribution is 2.37. The zero-order valence-electron chi connectivity index (χ0n) is 10.7. The predicted molar refractivity (Wildman–Crippen MR) is 72.4 cm³/mol. The summed E-state index contributed by atoms with van der Waals surface area (Å²) in [5.74, 6) is 2.42. The molecule has 1 atom stereocenters. The van der Waals surface area contributed by atoms with E-state index in [1.165, 1.54) is 12.8 Å². The van der Waals surface area contributed by atoms with Crippen molar-refractivity contribution >= 4 is 11.4 Å². The van der Waals surface area contributed by atoms with Crippen molar-refractivity contribution in [1.29, 1.82) is 0 Å². The lowest BCUT2D eigenvalue weighted by Crippen LogP contribution is -2.14. The second-order valence-corrected chi connectivity index (χ2v) is 4.85. The number of ether oxygens (including phenoxy) is 1. The molecule has 1 aliphatic rings. The van der Waals surface area contributed by atoms with Gasteiger partial charge in [-0.25, -0.2) is 0 Å². The molecule has 0 aliphatic heterocycles. The number of nitrogens with one attached hydrogen (secondary N) is 1. The number of para-hydroxylation sites is 1. The van der Waals surface area contributed by atoms with Gasteiger partial charge in [-0.05, 0) is 43.7 Å². The van der Waals surface area contributed by atoms with Crippen LogP contribution >= 0.6 is 0 Å². The Morgan fingerprint density at radius 1 is 1.47 bits per heavy atom. The summed E-state index contributed by atoms with van der Waals surface area (Å²) in [6, 6.07) is 5.90. The van der Waals surface area contributed by atoms with Crippen molar-refractivity contribution in [3.63, 3.8) is 0 Å². The highest BCUT2D eigenvalue weighted by Gasteiger charge is 2.27. The molecular formula is C14H22N2O. The zero-order valence-corrected chi connectivity index (χ0v) is 10.7. The molecule has 2 rings (SSSR count). The van der Waals surface area contributed by atoms with Crippen LogP contribution in [0.3, 0.4) is 0 Å². The second kappa shape index (κ2) is 5.30. The van der Waals surface area contributed by atoms with E-state index in [1.807, 2.05) is 25.1 Å². The Labute approximate surface area is 103 Å². The van der Waals surface area contributed by atoms with Gasteiger partial charge in [0.15, 0.2) is 0 Å². The van der Waals surface area contributed by atoms with Gasteiger partial charge in [0.1, 0.15) is 5.75 Å². The van der Waals surface area contributed by atoms with Crippen LogP contribution in [0.15, 0.2) is 18.2 Å². The van der Waals surface area contributed by atoms with Gasteiger partial charge in [0.25, 0.3) is 0 Å². The molecule has 1 unspecified atom stereocenters. The summed E-state index contributed by atoms with van der Waals surface area (Å²) >= 11 is 0. The van der Waals surface area contributed by atoms with Gasteiger partial charge in [-0.1, -0.05) is 13.0 Å². The number of rotatable bonds is 6. The summed E-state index contributed by atoms with van der Waals surface area (Å²) in [6.07, 6.45) is 2.77. The van der Waals surface area contributed by atoms with Gasteiger partial charge < -0.3 is 15.8 Å². The molecule has 0 saturated heterocycles. The van der Waals surface area contributed by atoms with E-state index < -0.39 is 0 Å². The molecule has 0 bridgehead atoms. The van der Waals surface area contributed by atoms with Crippen LogP contribution in [0.1, 0.15) is 26.7 Å². The third kappa shape index (κ3) is 3.05. The molecule has 3 nitrogen and oxygen atoms in total. The minimum atomic E-state index is 0.645. The monoisotopic (exact) mass is 234 g/mol. The number of anilines is 2. The minimum absolute atomic E-state index is 0.645. The summed E-state index contributed by atoms with van der Waals surface area (Å²) in [7, 11) is 0. The molecule has 1 aromatic rings. The fourth-order valence-corrected chi connectivity index (χ4v) is 2.08. The molecule has 3 N–H and O–H groups in total. The van der Waals surface area contributed by atoms with Crippen LogP contribution < -0.4 is 15.8 Å². The molecule has 0 amide bonds. The third-order valence-electron chi connectivity index (χ3n) is 3.41. The lowest BCUT2D eigenvalue weighted by molar-refractivity contribution is 0.342. The van der Waals surface area contributed by atoms with E-state index in [0.717, 1.165) is 35.5 Å². The largest absolute Gasteiger partial charge is 0.492 e. The lowest BCUT2D eigenvalue weighted by Gasteiger charge is -2.16. The summed E-state index contributed by atoms with van der Waals surface area (Å²) < 4.78 is 5.48. The predicted octanol–water partition coefficient (Wildman–Crippen LogP) is 3.13. The number of nitrogen functional groups attached to an aromatic ring is 1. The first-order valence-electron chi connectivity index (χ1n) is 6.47. The summed E-state index contributed by atoms with van der Waals surface area (Å²) in [5, 5.41) is 3.43. The van der Waals surface area contributed by atoms with E-state index in [-0.39, 0.29) is 0 Å². The molecule has 94 valence electrons. The van der Waals surface area contributed by atoms with Gasteiger partial charge in [0, 0.05) is 6.54 Å². The molecule has 0 spiro atoms. The van der Waals surface area contributed by atoms with E-state index in [0.29, 0.717) is 6.61 Å². The van der Waals surface area contributed by atoms with Crippen molar-refractivity contribution in [2.45, 2.75) is 26.7 Å². The van der Waals surface area contributed by atoms with Gasteiger partial charge in [-0.3, -0.25) is 0 Å². The highest BCUT2D eigenvalue weighted by atomic mass is 16.5. The van der Waals surface area contributed by atoms with Crippen molar-refractivity contribution in [3.8, 4) is 5.75 Å². The normalized spacial score (nSPS) is 16.6. The Bertz CT molecular complexity index is 374. The van der Waals surface area contributed by atoms with E-state index >= 15 is 0 Å². The molecule has 0 heterocycles. The average Bonchev–Trinajstić information content (AvgIpc) is 3.14. The van der Waals surface area contributed by atoms with Crippen molar-refractivity contribution in [2.24, 2.45) is 11.8 Å². The highest BCUT2D eigenvalue weighted by molar-refractivity contribution is 5.72. The Kier molecular flexibility index (Phi) is 3.77. The maximum absolute atomic E-state index is 6.06. The molecule has 0 radical (unpaired) electrons. The molecule has 0 aromatic heterocycles. The van der Waals surface area contributed by atoms with Gasteiger partial charge in [-0.15, -0.1) is 0 Å². The van der Waals surface area contributed by atoms with Gasteiger partial charge in [-0.2, -0.15) is 0 Å². The first-order valence-corrected chi connectivity index (χ1v) is 6.47. The van der Waals surface area contributed by atoms with E-state index in [9.17, 15) is 0 Å². The fourth-order valence-electron chi connectivity index (χ4n) is 2.08. The van der Waals surface area contributed by atoms with Crippen molar-refractivity contribution < 1.29 is 4.74 Å². The molecule has 3 heteroatoms. The molecular weight excluding hydrogens is 212 g/mol. The summed E-state index contributed by atoms with van der Waals surface area (Å²) in [6.45, 7) is 5.90. The van der Waals surface area contributed by atoms with Crippen LogP contribution in [0.25, 0.3) is 0 Å². The van der Waals surface area contributed by atoms with Crippen molar-refractivity contribution in [1.82, 2.24) is 0 Å². The standard InChI is InChI=1S/C14H22N2O/c1-3-17-13-6-4-5-12(14(13)15)16-9-10(2)11-7-8-11/h4-6,10-11,16H,3,7-9,15H2,1-2H3. The number of hydrogen-bond donors (Lipinski definition) is 2. The molecule has 1 aliphatic carbocycles. The van der Waals surface area contributed by atoms with E-state index in [1.54, 1.807) is 0 Å².